The highest BCUT2D eigenvalue weighted by atomic mass is 15.2. The van der Waals surface area contributed by atoms with Crippen LogP contribution < -0.4 is 5.32 Å². The van der Waals surface area contributed by atoms with Gasteiger partial charge in [-0.1, -0.05) is 0 Å². The van der Waals surface area contributed by atoms with E-state index in [9.17, 15) is 0 Å². The van der Waals surface area contributed by atoms with E-state index >= 15 is 0 Å². The third kappa shape index (κ3) is 2.54. The zero-order chi connectivity index (χ0) is 8.97. The molecular formula is C8H16N4. The summed E-state index contributed by atoms with van der Waals surface area (Å²) in [5.41, 5.74) is 0. The number of likely N-dealkylation sites (N-methyl/N-ethyl adjacent to an activating group) is 1. The summed E-state index contributed by atoms with van der Waals surface area (Å²) in [6.45, 7) is 1.95. The van der Waals surface area contributed by atoms with Gasteiger partial charge in [0.25, 0.3) is 0 Å². The van der Waals surface area contributed by atoms with Crippen molar-refractivity contribution in [1.82, 2.24) is 14.5 Å². The predicted molar refractivity (Wildman–Crippen MR) is 50.3 cm³/mol. The van der Waals surface area contributed by atoms with Crippen molar-refractivity contribution >= 4 is 5.95 Å². The van der Waals surface area contributed by atoms with Gasteiger partial charge in [-0.3, -0.25) is 0 Å². The lowest BCUT2D eigenvalue weighted by Gasteiger charge is -2.10. The first-order valence-corrected chi connectivity index (χ1v) is 4.06. The minimum absolute atomic E-state index is 0.928. The van der Waals surface area contributed by atoms with Crippen molar-refractivity contribution in [2.24, 2.45) is 7.05 Å². The number of nitrogens with one attached hydrogen (secondary N) is 1. The Balaban J connectivity index is 2.29. The molecule has 0 aliphatic rings. The standard InChI is InChI=1S/C8H16N4/c1-11(2)6-4-9-8-10-5-7-12(8)3/h5,7H,4,6H2,1-3H3,(H,9,10). The fourth-order valence-electron chi connectivity index (χ4n) is 0.927. The van der Waals surface area contributed by atoms with Gasteiger partial charge in [0.15, 0.2) is 0 Å². The van der Waals surface area contributed by atoms with Crippen LogP contribution in [-0.4, -0.2) is 41.6 Å². The Morgan fingerprint density at radius 2 is 2.33 bits per heavy atom. The molecule has 0 fully saturated rings. The minimum Gasteiger partial charge on any atom is -0.354 e. The van der Waals surface area contributed by atoms with Crippen molar-refractivity contribution in [2.75, 3.05) is 32.5 Å². The van der Waals surface area contributed by atoms with Crippen molar-refractivity contribution in [3.05, 3.63) is 12.4 Å². The fourth-order valence-corrected chi connectivity index (χ4v) is 0.927. The van der Waals surface area contributed by atoms with Gasteiger partial charge in [-0.25, -0.2) is 4.98 Å². The molecule has 0 spiro atoms. The molecule has 1 heterocycles. The Labute approximate surface area is 73.2 Å². The van der Waals surface area contributed by atoms with Crippen LogP contribution in [0.3, 0.4) is 0 Å². The molecule has 0 atom stereocenters. The smallest absolute Gasteiger partial charge is 0.202 e. The molecule has 12 heavy (non-hydrogen) atoms. The first-order valence-electron chi connectivity index (χ1n) is 4.06. The van der Waals surface area contributed by atoms with Gasteiger partial charge in [0.1, 0.15) is 0 Å². The van der Waals surface area contributed by atoms with Crippen LogP contribution >= 0.6 is 0 Å². The largest absolute Gasteiger partial charge is 0.354 e. The second kappa shape index (κ2) is 4.11. The van der Waals surface area contributed by atoms with E-state index in [-0.39, 0.29) is 0 Å². The van der Waals surface area contributed by atoms with Crippen LogP contribution in [0.5, 0.6) is 0 Å². The molecule has 0 aliphatic carbocycles. The van der Waals surface area contributed by atoms with Crippen LogP contribution in [0, 0.1) is 0 Å². The van der Waals surface area contributed by atoms with Crippen molar-refractivity contribution in [3.63, 3.8) is 0 Å². The molecular weight excluding hydrogens is 152 g/mol. The van der Waals surface area contributed by atoms with Crippen LogP contribution in [0.15, 0.2) is 12.4 Å². The van der Waals surface area contributed by atoms with Crippen LogP contribution in [0.4, 0.5) is 5.95 Å². The summed E-state index contributed by atoms with van der Waals surface area (Å²) in [5, 5.41) is 3.23. The van der Waals surface area contributed by atoms with Gasteiger partial charge in [-0.15, -0.1) is 0 Å². The Morgan fingerprint density at radius 3 is 2.83 bits per heavy atom. The van der Waals surface area contributed by atoms with E-state index in [2.05, 4.69) is 29.3 Å². The summed E-state index contributed by atoms with van der Waals surface area (Å²) in [5.74, 6) is 0.928. The van der Waals surface area contributed by atoms with Crippen LogP contribution in [0.2, 0.25) is 0 Å². The summed E-state index contributed by atoms with van der Waals surface area (Å²) in [4.78, 5) is 6.28. The summed E-state index contributed by atoms with van der Waals surface area (Å²) in [7, 11) is 6.09. The second-order valence-electron chi connectivity index (χ2n) is 3.09. The summed E-state index contributed by atoms with van der Waals surface area (Å²) >= 11 is 0. The Bertz CT molecular complexity index is 229. The van der Waals surface area contributed by atoms with Gasteiger partial charge in [0.05, 0.1) is 0 Å². The lowest BCUT2D eigenvalue weighted by Crippen LogP contribution is -2.21. The van der Waals surface area contributed by atoms with E-state index in [1.807, 2.05) is 17.8 Å². The lowest BCUT2D eigenvalue weighted by molar-refractivity contribution is 0.424. The Kier molecular flexibility index (Phi) is 3.10. The van der Waals surface area contributed by atoms with Gasteiger partial charge >= 0.3 is 0 Å². The highest BCUT2D eigenvalue weighted by molar-refractivity contribution is 5.24. The lowest BCUT2D eigenvalue weighted by atomic mass is 10.6. The molecule has 0 saturated heterocycles. The van der Waals surface area contributed by atoms with E-state index in [4.69, 9.17) is 0 Å². The van der Waals surface area contributed by atoms with Crippen molar-refractivity contribution in [2.45, 2.75) is 0 Å². The van der Waals surface area contributed by atoms with E-state index in [0.29, 0.717) is 0 Å². The summed E-state index contributed by atoms with van der Waals surface area (Å²) in [6, 6.07) is 0. The maximum atomic E-state index is 4.15. The Morgan fingerprint density at radius 1 is 1.58 bits per heavy atom. The first-order chi connectivity index (χ1) is 5.70. The van der Waals surface area contributed by atoms with Crippen LogP contribution in [0.25, 0.3) is 0 Å². The number of hydrogen-bond acceptors (Lipinski definition) is 3. The predicted octanol–water partition coefficient (Wildman–Crippen LogP) is 0.394. The van der Waals surface area contributed by atoms with Crippen LogP contribution in [0.1, 0.15) is 0 Å². The van der Waals surface area contributed by atoms with Gasteiger partial charge in [0, 0.05) is 32.5 Å². The molecule has 1 aromatic heterocycles. The molecule has 4 nitrogen and oxygen atoms in total. The average Bonchev–Trinajstić information content (AvgIpc) is 2.36. The van der Waals surface area contributed by atoms with Gasteiger partial charge < -0.3 is 14.8 Å². The van der Waals surface area contributed by atoms with Crippen molar-refractivity contribution in [3.8, 4) is 0 Å². The number of rotatable bonds is 4. The molecule has 4 heteroatoms. The van der Waals surface area contributed by atoms with E-state index in [0.717, 1.165) is 19.0 Å². The molecule has 0 saturated carbocycles. The third-order valence-corrected chi connectivity index (χ3v) is 1.66. The van der Waals surface area contributed by atoms with Gasteiger partial charge in [0.2, 0.25) is 5.95 Å². The fraction of sp³-hybridized carbons (Fsp3) is 0.625. The minimum atomic E-state index is 0.928. The van der Waals surface area contributed by atoms with Gasteiger partial charge in [-0.2, -0.15) is 0 Å². The van der Waals surface area contributed by atoms with Crippen LogP contribution in [-0.2, 0) is 7.05 Å². The van der Waals surface area contributed by atoms with E-state index < -0.39 is 0 Å². The topological polar surface area (TPSA) is 33.1 Å². The molecule has 0 amide bonds. The molecule has 1 N–H and O–H groups in total. The maximum absolute atomic E-state index is 4.15. The van der Waals surface area contributed by atoms with E-state index in [1.54, 1.807) is 6.20 Å². The number of aromatic nitrogens is 2. The quantitative estimate of drug-likeness (QED) is 0.706. The molecule has 0 bridgehead atoms. The zero-order valence-electron chi connectivity index (χ0n) is 7.91. The highest BCUT2D eigenvalue weighted by Crippen LogP contribution is 1.98. The van der Waals surface area contributed by atoms with Crippen molar-refractivity contribution < 1.29 is 0 Å². The average molecular weight is 168 g/mol. The Hall–Kier alpha value is -1.03. The number of imidazole rings is 1. The SMILES string of the molecule is CN(C)CCNc1nccn1C. The normalized spacial score (nSPS) is 10.7. The van der Waals surface area contributed by atoms with E-state index in [1.165, 1.54) is 0 Å². The number of aryl methyl sites for hydroxylation is 1. The molecule has 68 valence electrons. The third-order valence-electron chi connectivity index (χ3n) is 1.66. The van der Waals surface area contributed by atoms with Gasteiger partial charge in [-0.05, 0) is 14.1 Å². The highest BCUT2D eigenvalue weighted by Gasteiger charge is 1.96. The number of anilines is 1. The zero-order valence-corrected chi connectivity index (χ0v) is 7.91. The number of nitrogens with zero attached hydrogens (tertiary/aromatic N) is 3. The summed E-state index contributed by atoms with van der Waals surface area (Å²) in [6.07, 6.45) is 3.72. The molecule has 1 rings (SSSR count). The summed E-state index contributed by atoms with van der Waals surface area (Å²) < 4.78 is 1.97. The molecule has 0 unspecified atom stereocenters. The second-order valence-corrected chi connectivity index (χ2v) is 3.09. The molecule has 0 radical (unpaired) electrons. The molecule has 0 aromatic carbocycles. The maximum Gasteiger partial charge on any atom is 0.202 e. The monoisotopic (exact) mass is 168 g/mol. The molecule has 0 aliphatic heterocycles. The first kappa shape index (κ1) is 9.06. The number of hydrogen-bond donors (Lipinski definition) is 1. The van der Waals surface area contributed by atoms with Crippen molar-refractivity contribution in [1.29, 1.82) is 0 Å². The molecule has 1 aromatic rings.